The molecule has 0 aliphatic rings. The predicted molar refractivity (Wildman–Crippen MR) is 82.1 cm³/mol. The van der Waals surface area contributed by atoms with E-state index in [1.165, 1.54) is 5.56 Å². The van der Waals surface area contributed by atoms with Crippen LogP contribution in [0.2, 0.25) is 0 Å². The third-order valence-electron chi connectivity index (χ3n) is 3.28. The third kappa shape index (κ3) is 3.91. The number of nitrogens with one attached hydrogen (secondary N) is 1. The summed E-state index contributed by atoms with van der Waals surface area (Å²) in [4.78, 5) is 4.39. The van der Waals surface area contributed by atoms with Crippen LogP contribution >= 0.6 is 15.9 Å². The molecule has 0 aliphatic heterocycles. The second-order valence-electron chi connectivity index (χ2n) is 4.66. The largest absolute Gasteiger partial charge is 0.338 e. The topological polar surface area (TPSA) is 29.9 Å². The number of nitrogens with zero attached hydrogens (tertiary/aromatic N) is 2. The lowest BCUT2D eigenvalue weighted by atomic mass is 10.0. The van der Waals surface area contributed by atoms with Crippen molar-refractivity contribution in [3.63, 3.8) is 0 Å². The number of halogens is 1. The zero-order chi connectivity index (χ0) is 13.7. The molecule has 0 fully saturated rings. The number of hydrogen-bond acceptors (Lipinski definition) is 2. The van der Waals surface area contributed by atoms with Crippen LogP contribution in [0.1, 0.15) is 30.8 Å². The Labute approximate surface area is 123 Å². The minimum absolute atomic E-state index is 0.374. The highest BCUT2D eigenvalue weighted by molar-refractivity contribution is 9.10. The van der Waals surface area contributed by atoms with Gasteiger partial charge in [-0.3, -0.25) is 0 Å². The molecular weight excluding hydrogens is 302 g/mol. The quantitative estimate of drug-likeness (QED) is 0.883. The van der Waals surface area contributed by atoms with Gasteiger partial charge in [0.25, 0.3) is 0 Å². The lowest BCUT2D eigenvalue weighted by molar-refractivity contribution is 0.505. The average molecular weight is 322 g/mol. The minimum atomic E-state index is 0.374. The van der Waals surface area contributed by atoms with Crippen LogP contribution in [0.25, 0.3) is 0 Å². The number of aromatic nitrogens is 2. The van der Waals surface area contributed by atoms with Gasteiger partial charge < -0.3 is 9.88 Å². The van der Waals surface area contributed by atoms with Gasteiger partial charge in [-0.2, -0.15) is 0 Å². The van der Waals surface area contributed by atoms with Crippen LogP contribution in [0.5, 0.6) is 0 Å². The molecule has 0 spiro atoms. The SMILES string of the molecule is CCNC(CCc1nccn1C)c1cccc(Br)c1. The Morgan fingerprint density at radius 1 is 1.42 bits per heavy atom. The standard InChI is InChI=1S/C15H20BrN3/c1-3-17-14(12-5-4-6-13(16)11-12)7-8-15-18-9-10-19(15)2/h4-6,9-11,14,17H,3,7-8H2,1-2H3. The first-order valence-electron chi connectivity index (χ1n) is 6.65. The molecule has 1 heterocycles. The summed E-state index contributed by atoms with van der Waals surface area (Å²) in [5.41, 5.74) is 1.32. The van der Waals surface area contributed by atoms with Crippen molar-refractivity contribution in [3.05, 3.63) is 52.5 Å². The first-order chi connectivity index (χ1) is 9.20. The fraction of sp³-hybridized carbons (Fsp3) is 0.400. The fourth-order valence-corrected chi connectivity index (χ4v) is 2.68. The van der Waals surface area contributed by atoms with Crippen LogP contribution in [0, 0.1) is 0 Å². The Bertz CT molecular complexity index is 522. The van der Waals surface area contributed by atoms with E-state index in [2.05, 4.69) is 62.0 Å². The maximum absolute atomic E-state index is 4.39. The molecule has 0 saturated heterocycles. The summed E-state index contributed by atoms with van der Waals surface area (Å²) < 4.78 is 3.22. The first-order valence-corrected chi connectivity index (χ1v) is 7.45. The normalized spacial score (nSPS) is 12.6. The molecule has 1 N–H and O–H groups in total. The van der Waals surface area contributed by atoms with Crippen molar-refractivity contribution in [1.29, 1.82) is 0 Å². The predicted octanol–water partition coefficient (Wildman–Crippen LogP) is 3.47. The van der Waals surface area contributed by atoms with Gasteiger partial charge in [-0.15, -0.1) is 0 Å². The number of rotatable bonds is 6. The smallest absolute Gasteiger partial charge is 0.108 e. The Balaban J connectivity index is 2.06. The lowest BCUT2D eigenvalue weighted by Crippen LogP contribution is -2.22. The maximum atomic E-state index is 4.39. The third-order valence-corrected chi connectivity index (χ3v) is 3.77. The van der Waals surface area contributed by atoms with Crippen molar-refractivity contribution < 1.29 is 0 Å². The molecule has 1 aromatic carbocycles. The summed E-state index contributed by atoms with van der Waals surface area (Å²) in [6.07, 6.45) is 5.89. The first kappa shape index (κ1) is 14.3. The van der Waals surface area contributed by atoms with Crippen LogP contribution in [0.15, 0.2) is 41.1 Å². The van der Waals surface area contributed by atoms with Crippen molar-refractivity contribution in [2.45, 2.75) is 25.8 Å². The van der Waals surface area contributed by atoms with Crippen LogP contribution in [0.4, 0.5) is 0 Å². The van der Waals surface area contributed by atoms with Crippen molar-refractivity contribution in [2.75, 3.05) is 6.54 Å². The van der Waals surface area contributed by atoms with E-state index in [0.717, 1.165) is 29.7 Å². The van der Waals surface area contributed by atoms with Crippen molar-refractivity contribution in [3.8, 4) is 0 Å². The highest BCUT2D eigenvalue weighted by Crippen LogP contribution is 2.22. The maximum Gasteiger partial charge on any atom is 0.108 e. The molecule has 102 valence electrons. The van der Waals surface area contributed by atoms with Crippen LogP contribution in [0.3, 0.4) is 0 Å². The van der Waals surface area contributed by atoms with E-state index in [1.54, 1.807) is 0 Å². The Kier molecular flexibility index (Phi) is 5.16. The Morgan fingerprint density at radius 3 is 2.89 bits per heavy atom. The molecule has 0 saturated carbocycles. The van der Waals surface area contributed by atoms with E-state index < -0.39 is 0 Å². The van der Waals surface area contributed by atoms with Gasteiger partial charge in [0.1, 0.15) is 5.82 Å². The molecule has 4 heteroatoms. The van der Waals surface area contributed by atoms with E-state index in [-0.39, 0.29) is 0 Å². The fourth-order valence-electron chi connectivity index (χ4n) is 2.27. The van der Waals surface area contributed by atoms with Crippen LogP contribution in [-0.4, -0.2) is 16.1 Å². The summed E-state index contributed by atoms with van der Waals surface area (Å²) >= 11 is 3.54. The Morgan fingerprint density at radius 2 is 2.26 bits per heavy atom. The molecule has 0 bridgehead atoms. The number of aryl methyl sites for hydroxylation is 2. The summed E-state index contributed by atoms with van der Waals surface area (Å²) in [6, 6.07) is 8.89. The van der Waals surface area contributed by atoms with E-state index in [9.17, 15) is 0 Å². The molecule has 2 rings (SSSR count). The van der Waals surface area contributed by atoms with Crippen molar-refractivity contribution in [1.82, 2.24) is 14.9 Å². The molecule has 1 atom stereocenters. The zero-order valence-corrected chi connectivity index (χ0v) is 13.0. The molecule has 0 radical (unpaired) electrons. The molecule has 1 unspecified atom stereocenters. The van der Waals surface area contributed by atoms with E-state index in [4.69, 9.17) is 0 Å². The monoisotopic (exact) mass is 321 g/mol. The van der Waals surface area contributed by atoms with Gasteiger partial charge in [0.15, 0.2) is 0 Å². The summed E-state index contributed by atoms with van der Waals surface area (Å²) in [5, 5.41) is 3.55. The van der Waals surface area contributed by atoms with Gasteiger partial charge in [0, 0.05) is 36.4 Å². The number of hydrogen-bond donors (Lipinski definition) is 1. The van der Waals surface area contributed by atoms with Gasteiger partial charge in [0.05, 0.1) is 0 Å². The Hall–Kier alpha value is -1.13. The van der Waals surface area contributed by atoms with Crippen molar-refractivity contribution in [2.24, 2.45) is 7.05 Å². The van der Waals surface area contributed by atoms with Crippen molar-refractivity contribution >= 4 is 15.9 Å². The molecule has 3 nitrogen and oxygen atoms in total. The highest BCUT2D eigenvalue weighted by atomic mass is 79.9. The number of imidazole rings is 1. The molecule has 0 amide bonds. The van der Waals surface area contributed by atoms with Gasteiger partial charge in [0.2, 0.25) is 0 Å². The van der Waals surface area contributed by atoms with Crippen LogP contribution < -0.4 is 5.32 Å². The number of benzene rings is 1. The van der Waals surface area contributed by atoms with Crippen LogP contribution in [-0.2, 0) is 13.5 Å². The highest BCUT2D eigenvalue weighted by Gasteiger charge is 2.12. The molecular formula is C15H20BrN3. The lowest BCUT2D eigenvalue weighted by Gasteiger charge is -2.18. The molecule has 1 aromatic heterocycles. The van der Waals surface area contributed by atoms with E-state index in [0.29, 0.717) is 6.04 Å². The summed E-state index contributed by atoms with van der Waals surface area (Å²) in [6.45, 7) is 3.11. The zero-order valence-electron chi connectivity index (χ0n) is 11.4. The van der Waals surface area contributed by atoms with Gasteiger partial charge in [-0.1, -0.05) is 35.0 Å². The van der Waals surface area contributed by atoms with E-state index in [1.807, 2.05) is 19.4 Å². The van der Waals surface area contributed by atoms with Gasteiger partial charge in [-0.25, -0.2) is 4.98 Å². The second kappa shape index (κ2) is 6.87. The molecule has 19 heavy (non-hydrogen) atoms. The molecule has 2 aromatic rings. The summed E-state index contributed by atoms with van der Waals surface area (Å²) in [7, 11) is 2.05. The second-order valence-corrected chi connectivity index (χ2v) is 5.57. The summed E-state index contributed by atoms with van der Waals surface area (Å²) in [5.74, 6) is 1.14. The average Bonchev–Trinajstić information content (AvgIpc) is 2.80. The molecule has 0 aliphatic carbocycles. The minimum Gasteiger partial charge on any atom is -0.338 e. The van der Waals surface area contributed by atoms with E-state index >= 15 is 0 Å². The van der Waals surface area contributed by atoms with Gasteiger partial charge in [-0.05, 0) is 30.7 Å². The van der Waals surface area contributed by atoms with Gasteiger partial charge >= 0.3 is 0 Å².